The first-order chi connectivity index (χ1) is 13.3. The van der Waals surface area contributed by atoms with Gasteiger partial charge in [-0.1, -0.05) is 4.98 Å². The number of nitrogens with two attached hydrogens (primary N) is 1. The van der Waals surface area contributed by atoms with Gasteiger partial charge in [0.25, 0.3) is 19.3 Å². The molecule has 15 nitrogen and oxygen atoms in total. The fraction of sp³-hybridized carbons (Fsp3) is 0.545. The van der Waals surface area contributed by atoms with E-state index in [4.69, 9.17) is 15.4 Å². The molecule has 0 amide bonds. The number of nitrogens with one attached hydrogen (secondary N) is 1. The van der Waals surface area contributed by atoms with Crippen molar-refractivity contribution >= 4 is 32.8 Å². The van der Waals surface area contributed by atoms with E-state index >= 15 is 0 Å². The summed E-state index contributed by atoms with van der Waals surface area (Å²) in [4.78, 5) is 46.4. The molecule has 1 aliphatic heterocycles. The average Bonchev–Trinajstić information content (AvgIpc) is 3.01. The number of phosphoric ester groups is 1. The number of aromatic amines is 1. The lowest BCUT2D eigenvalue weighted by Gasteiger charge is -2.20. The zero-order valence-electron chi connectivity index (χ0n) is 14.5. The Hall–Kier alpha value is -1.74. The highest BCUT2D eigenvalue weighted by atomic mass is 31.3. The number of fused-ring (bicyclic) bond motifs is 1. The lowest BCUT2D eigenvalue weighted by molar-refractivity contribution is -0.744. The van der Waals surface area contributed by atoms with Gasteiger partial charge in [0.2, 0.25) is 11.7 Å². The van der Waals surface area contributed by atoms with Gasteiger partial charge in [-0.05, 0) is 0 Å². The first-order valence-electron chi connectivity index (χ1n) is 7.75. The molecule has 1 fully saturated rings. The van der Waals surface area contributed by atoms with Crippen LogP contribution in [-0.4, -0.2) is 54.4 Å². The molecular weight excluding hydrogens is 443 g/mol. The molecule has 0 aromatic carbocycles. The van der Waals surface area contributed by atoms with E-state index in [1.54, 1.807) is 0 Å². The van der Waals surface area contributed by atoms with Gasteiger partial charge < -0.3 is 30.3 Å². The Labute approximate surface area is 160 Å². The van der Waals surface area contributed by atoms with Gasteiger partial charge in [0.05, 0.1) is 13.7 Å². The molecule has 6 atom stereocenters. The number of H-pyrrole nitrogens is 1. The van der Waals surface area contributed by atoms with Crippen molar-refractivity contribution in [2.24, 2.45) is 7.05 Å². The van der Waals surface area contributed by atoms with E-state index in [0.717, 1.165) is 4.57 Å². The zero-order valence-corrected chi connectivity index (χ0v) is 16.3. The summed E-state index contributed by atoms with van der Waals surface area (Å²) in [6.45, 7) is -0.965. The van der Waals surface area contributed by atoms with Crippen molar-refractivity contribution in [3.05, 3.63) is 16.7 Å². The van der Waals surface area contributed by atoms with E-state index in [0.29, 0.717) is 0 Å². The van der Waals surface area contributed by atoms with Gasteiger partial charge in [-0.3, -0.25) is 23.4 Å². The number of aryl methyl sites for hydroxylation is 1. The maximum absolute atomic E-state index is 14.6. The molecule has 0 saturated carbocycles. The standard InChI is InChI=1S/C11H16FN5O10P2/c1-16-3-17(8-6(16)9(19)15-11(13)14-8)10-5(12)7(18)4(26-10)2-25-29(23,24)27-28(20,21)22/h3-5,7,10,18H,2H2,1H3,(H5-,13,14,15,19,20,21,22,23,24)/t4-,5?,7+,10-/m1/s1. The summed E-state index contributed by atoms with van der Waals surface area (Å²) in [6.07, 6.45) is -5.76. The maximum atomic E-state index is 14.6. The number of aliphatic hydroxyl groups excluding tert-OH is 1. The Morgan fingerprint density at radius 3 is 2.79 bits per heavy atom. The molecule has 18 heteroatoms. The first kappa shape index (κ1) is 22.0. The monoisotopic (exact) mass is 459 g/mol. The third-order valence-corrected chi connectivity index (χ3v) is 6.09. The number of hydrogen-bond donors (Lipinski definition) is 5. The minimum Gasteiger partial charge on any atom is -0.756 e. The number of alkyl halides is 1. The maximum Gasteiger partial charge on any atom is 0.478 e. The van der Waals surface area contributed by atoms with Crippen LogP contribution in [-0.2, 0) is 29.7 Å². The summed E-state index contributed by atoms with van der Waals surface area (Å²) < 4.78 is 52.2. The Kier molecular flexibility index (Phi) is 5.68. The van der Waals surface area contributed by atoms with Gasteiger partial charge in [-0.15, -0.1) is 0 Å². The van der Waals surface area contributed by atoms with E-state index < -0.39 is 52.4 Å². The summed E-state index contributed by atoms with van der Waals surface area (Å²) in [7, 11) is -9.40. The average molecular weight is 459 g/mol. The lowest BCUT2D eigenvalue weighted by Crippen LogP contribution is -2.44. The summed E-state index contributed by atoms with van der Waals surface area (Å²) in [5.74, 6) is -0.249. The first-order valence-corrected chi connectivity index (χ1v) is 10.7. The minimum absolute atomic E-state index is 0.0339. The van der Waals surface area contributed by atoms with Crippen LogP contribution in [0.3, 0.4) is 0 Å². The summed E-state index contributed by atoms with van der Waals surface area (Å²) in [5, 5.41) is 10.0. The van der Waals surface area contributed by atoms with Crippen LogP contribution in [0.1, 0.15) is 6.23 Å². The molecule has 0 spiro atoms. The molecule has 3 rings (SSSR count). The second-order valence-corrected chi connectivity index (χ2v) is 8.86. The summed E-state index contributed by atoms with van der Waals surface area (Å²) in [6, 6.07) is 0. The number of anilines is 1. The number of nitrogens with zero attached hydrogens (tertiary/aromatic N) is 3. The van der Waals surface area contributed by atoms with Gasteiger partial charge in [0.15, 0.2) is 12.5 Å². The number of rotatable bonds is 6. The molecule has 1 saturated heterocycles. The molecule has 162 valence electrons. The van der Waals surface area contributed by atoms with Crippen LogP contribution < -0.4 is 20.8 Å². The highest BCUT2D eigenvalue weighted by Crippen LogP contribution is 2.55. The Morgan fingerprint density at radius 1 is 1.52 bits per heavy atom. The highest BCUT2D eigenvalue weighted by molar-refractivity contribution is 7.60. The van der Waals surface area contributed by atoms with Crippen molar-refractivity contribution in [3.63, 3.8) is 0 Å². The van der Waals surface area contributed by atoms with Crippen LogP contribution in [0, 0.1) is 0 Å². The van der Waals surface area contributed by atoms with Gasteiger partial charge in [0, 0.05) is 0 Å². The van der Waals surface area contributed by atoms with Crippen molar-refractivity contribution in [2.75, 3.05) is 12.3 Å². The second kappa shape index (κ2) is 7.50. The topological polar surface area (TPSA) is 226 Å². The smallest absolute Gasteiger partial charge is 0.478 e. The molecule has 0 radical (unpaired) electrons. The second-order valence-electron chi connectivity index (χ2n) is 6.07. The fourth-order valence-corrected chi connectivity index (χ4v) is 4.41. The number of halogens is 1. The zero-order chi connectivity index (χ0) is 21.7. The lowest BCUT2D eigenvalue weighted by atomic mass is 10.1. The molecule has 2 aromatic heterocycles. The Morgan fingerprint density at radius 2 is 2.17 bits per heavy atom. The van der Waals surface area contributed by atoms with Crippen molar-refractivity contribution in [2.45, 2.75) is 24.6 Å². The number of aliphatic hydroxyl groups is 1. The molecule has 1 aliphatic rings. The third-order valence-electron chi connectivity index (χ3n) is 3.97. The van der Waals surface area contributed by atoms with Gasteiger partial charge in [0.1, 0.15) is 12.2 Å². The van der Waals surface area contributed by atoms with Crippen LogP contribution in [0.4, 0.5) is 10.3 Å². The number of aromatic nitrogens is 4. The van der Waals surface area contributed by atoms with Crippen LogP contribution >= 0.6 is 15.6 Å². The highest BCUT2D eigenvalue weighted by Gasteiger charge is 2.49. The Bertz CT molecular complexity index is 1080. The molecule has 6 N–H and O–H groups in total. The molecule has 3 unspecified atom stereocenters. The molecule has 2 aromatic rings. The summed E-state index contributed by atoms with van der Waals surface area (Å²) >= 11 is 0. The minimum atomic E-state index is -5.60. The fourth-order valence-electron chi connectivity index (χ4n) is 2.84. The molecule has 0 aliphatic carbocycles. The van der Waals surface area contributed by atoms with E-state index in [-0.39, 0.29) is 17.1 Å². The number of phosphoric acid groups is 2. The van der Waals surface area contributed by atoms with Crippen molar-refractivity contribution in [3.8, 4) is 0 Å². The SMILES string of the molecule is Cn1c[n+]([C@@H]2O[C@H](COP(=O)(O)OP(=O)([O-])O)[C@H](O)C2F)c2nc(N)[nH]c(=O)c21. The normalized spacial score (nSPS) is 29.0. The predicted octanol–water partition coefficient (Wildman–Crippen LogP) is -2.68. The number of hydrogen-bond acceptors (Lipinski definition) is 10. The molecule has 29 heavy (non-hydrogen) atoms. The number of imidazole rings is 1. The van der Waals surface area contributed by atoms with Crippen molar-refractivity contribution in [1.29, 1.82) is 0 Å². The van der Waals surface area contributed by atoms with E-state index in [1.165, 1.54) is 17.9 Å². The van der Waals surface area contributed by atoms with Crippen LogP contribution in [0.25, 0.3) is 11.2 Å². The van der Waals surface area contributed by atoms with Crippen molar-refractivity contribution < 1.29 is 51.4 Å². The molecule has 3 heterocycles. The quantitative estimate of drug-likeness (QED) is 0.220. The van der Waals surface area contributed by atoms with E-state index in [1.807, 2.05) is 0 Å². The summed E-state index contributed by atoms with van der Waals surface area (Å²) in [5.41, 5.74) is 4.87. The third kappa shape index (κ3) is 4.55. The van der Waals surface area contributed by atoms with Crippen LogP contribution in [0.15, 0.2) is 11.1 Å². The Balaban J connectivity index is 1.84. The van der Waals surface area contributed by atoms with Gasteiger partial charge >= 0.3 is 13.5 Å². The molecular formula is C11H16FN5O10P2. The predicted molar refractivity (Wildman–Crippen MR) is 87.4 cm³/mol. The van der Waals surface area contributed by atoms with E-state index in [9.17, 15) is 33.2 Å². The van der Waals surface area contributed by atoms with Crippen LogP contribution in [0.5, 0.6) is 0 Å². The van der Waals surface area contributed by atoms with Gasteiger partial charge in [-0.2, -0.15) is 0 Å². The number of nitrogen functional groups attached to an aromatic ring is 1. The van der Waals surface area contributed by atoms with Crippen molar-refractivity contribution in [1.82, 2.24) is 14.5 Å². The van der Waals surface area contributed by atoms with E-state index in [2.05, 4.69) is 18.8 Å². The molecule has 0 bridgehead atoms. The van der Waals surface area contributed by atoms with Crippen LogP contribution in [0.2, 0.25) is 0 Å². The largest absolute Gasteiger partial charge is 0.756 e. The number of ether oxygens (including phenoxy) is 1. The van der Waals surface area contributed by atoms with Gasteiger partial charge in [-0.25, -0.2) is 17.8 Å².